The number of ether oxygens (including phenoxy) is 2. The molecule has 2 aromatic heterocycles. The zero-order valence-electron chi connectivity index (χ0n) is 14.2. The van der Waals surface area contributed by atoms with Gasteiger partial charge in [-0.3, -0.25) is 9.89 Å². The third-order valence-electron chi connectivity index (χ3n) is 3.85. The molecule has 1 aromatic carbocycles. The van der Waals surface area contributed by atoms with Crippen molar-refractivity contribution >= 4 is 5.91 Å². The molecule has 1 amide bonds. The predicted molar refractivity (Wildman–Crippen MR) is 91.7 cm³/mol. The van der Waals surface area contributed by atoms with Crippen LogP contribution in [0.5, 0.6) is 11.5 Å². The lowest BCUT2D eigenvalue weighted by Crippen LogP contribution is -2.27. The summed E-state index contributed by atoms with van der Waals surface area (Å²) in [7, 11) is 3.17. The van der Waals surface area contributed by atoms with Gasteiger partial charge in [-0.25, -0.2) is 0 Å². The van der Waals surface area contributed by atoms with Gasteiger partial charge in [0, 0.05) is 17.7 Å². The van der Waals surface area contributed by atoms with Gasteiger partial charge in [-0.1, -0.05) is 0 Å². The van der Waals surface area contributed by atoms with Crippen LogP contribution in [0.25, 0.3) is 11.5 Å². The monoisotopic (exact) mass is 341 g/mol. The van der Waals surface area contributed by atoms with Crippen LogP contribution >= 0.6 is 0 Å². The minimum absolute atomic E-state index is 0.267. The van der Waals surface area contributed by atoms with E-state index in [-0.39, 0.29) is 17.6 Å². The number of rotatable bonds is 6. The van der Waals surface area contributed by atoms with E-state index in [0.717, 1.165) is 5.56 Å². The molecule has 7 nitrogen and oxygen atoms in total. The molecule has 0 spiro atoms. The first-order valence-electron chi connectivity index (χ1n) is 7.74. The number of hydrogen-bond acceptors (Lipinski definition) is 5. The van der Waals surface area contributed by atoms with Crippen molar-refractivity contribution in [3.63, 3.8) is 0 Å². The molecule has 0 aliphatic rings. The van der Waals surface area contributed by atoms with Gasteiger partial charge < -0.3 is 19.2 Å². The van der Waals surface area contributed by atoms with Gasteiger partial charge in [0.05, 0.1) is 26.5 Å². The second-order valence-electron chi connectivity index (χ2n) is 5.45. The number of amides is 1. The molecule has 1 atom stereocenters. The van der Waals surface area contributed by atoms with E-state index < -0.39 is 0 Å². The SMILES string of the molecule is COc1ccc(C(C)NC(=O)c2cc(-c3ccco3)[nH]n2)c(OC)c1. The molecular formula is C18H19N3O4. The lowest BCUT2D eigenvalue weighted by molar-refractivity contribution is 0.0934. The molecule has 0 aliphatic carbocycles. The highest BCUT2D eigenvalue weighted by molar-refractivity contribution is 5.93. The van der Waals surface area contributed by atoms with Crippen molar-refractivity contribution in [2.45, 2.75) is 13.0 Å². The fourth-order valence-corrected chi connectivity index (χ4v) is 2.52. The average Bonchev–Trinajstić information content (AvgIpc) is 3.32. The summed E-state index contributed by atoms with van der Waals surface area (Å²) < 4.78 is 15.9. The van der Waals surface area contributed by atoms with Gasteiger partial charge in [-0.15, -0.1) is 0 Å². The molecule has 7 heteroatoms. The molecule has 3 aromatic rings. The van der Waals surface area contributed by atoms with E-state index in [9.17, 15) is 4.79 Å². The van der Waals surface area contributed by atoms with E-state index in [1.54, 1.807) is 44.7 Å². The van der Waals surface area contributed by atoms with Crippen LogP contribution in [0.15, 0.2) is 47.1 Å². The van der Waals surface area contributed by atoms with Crippen LogP contribution in [0.3, 0.4) is 0 Å². The van der Waals surface area contributed by atoms with E-state index in [1.807, 2.05) is 19.1 Å². The Hall–Kier alpha value is -3.22. The number of furan rings is 1. The Kier molecular flexibility index (Phi) is 4.74. The lowest BCUT2D eigenvalue weighted by atomic mass is 10.1. The Morgan fingerprint density at radius 2 is 2.08 bits per heavy atom. The van der Waals surface area contributed by atoms with Gasteiger partial charge >= 0.3 is 0 Å². The quantitative estimate of drug-likeness (QED) is 0.719. The van der Waals surface area contributed by atoms with E-state index in [4.69, 9.17) is 13.9 Å². The number of H-pyrrole nitrogens is 1. The lowest BCUT2D eigenvalue weighted by Gasteiger charge is -2.17. The summed E-state index contributed by atoms with van der Waals surface area (Å²) in [6.07, 6.45) is 1.56. The molecule has 2 N–H and O–H groups in total. The first kappa shape index (κ1) is 16.6. The van der Waals surface area contributed by atoms with Crippen LogP contribution in [0, 0.1) is 0 Å². The Morgan fingerprint density at radius 1 is 1.24 bits per heavy atom. The number of nitrogens with one attached hydrogen (secondary N) is 2. The molecule has 1 unspecified atom stereocenters. The highest BCUT2D eigenvalue weighted by Gasteiger charge is 2.18. The van der Waals surface area contributed by atoms with Crippen molar-refractivity contribution in [1.29, 1.82) is 0 Å². The summed E-state index contributed by atoms with van der Waals surface area (Å²) in [5, 5.41) is 9.74. The van der Waals surface area contributed by atoms with Crippen molar-refractivity contribution in [3.05, 3.63) is 53.9 Å². The van der Waals surface area contributed by atoms with Crippen molar-refractivity contribution in [1.82, 2.24) is 15.5 Å². The maximum Gasteiger partial charge on any atom is 0.272 e. The number of nitrogens with zero attached hydrogens (tertiary/aromatic N) is 1. The second kappa shape index (κ2) is 7.12. The topological polar surface area (TPSA) is 89.4 Å². The fraction of sp³-hybridized carbons (Fsp3) is 0.222. The summed E-state index contributed by atoms with van der Waals surface area (Å²) in [4.78, 5) is 12.4. The molecule has 2 heterocycles. The zero-order valence-corrected chi connectivity index (χ0v) is 14.2. The van der Waals surface area contributed by atoms with Gasteiger partial charge in [-0.05, 0) is 31.2 Å². The van der Waals surface area contributed by atoms with Crippen LogP contribution in [-0.2, 0) is 0 Å². The number of carbonyl (C=O) groups excluding carboxylic acids is 1. The summed E-state index contributed by atoms with van der Waals surface area (Å²) in [6, 6.07) is 10.4. The van der Waals surface area contributed by atoms with E-state index in [1.165, 1.54) is 0 Å². The summed E-state index contributed by atoms with van der Waals surface area (Å²) >= 11 is 0. The summed E-state index contributed by atoms with van der Waals surface area (Å²) in [5.74, 6) is 1.66. The first-order chi connectivity index (χ1) is 12.1. The molecule has 0 saturated heterocycles. The van der Waals surface area contributed by atoms with Gasteiger partial charge in [0.15, 0.2) is 11.5 Å². The van der Waals surface area contributed by atoms with E-state index in [2.05, 4.69) is 15.5 Å². The zero-order chi connectivity index (χ0) is 17.8. The molecule has 25 heavy (non-hydrogen) atoms. The number of aromatic nitrogens is 2. The highest BCUT2D eigenvalue weighted by Crippen LogP contribution is 2.29. The van der Waals surface area contributed by atoms with Crippen molar-refractivity contribution in [2.24, 2.45) is 0 Å². The smallest absolute Gasteiger partial charge is 0.272 e. The number of benzene rings is 1. The molecular weight excluding hydrogens is 322 g/mol. The molecule has 3 rings (SSSR count). The third-order valence-corrected chi connectivity index (χ3v) is 3.85. The molecule has 0 bridgehead atoms. The van der Waals surface area contributed by atoms with Crippen molar-refractivity contribution in [3.8, 4) is 23.0 Å². The fourth-order valence-electron chi connectivity index (χ4n) is 2.52. The first-order valence-corrected chi connectivity index (χ1v) is 7.74. The van der Waals surface area contributed by atoms with Gasteiger partial charge in [0.25, 0.3) is 5.91 Å². The maximum absolute atomic E-state index is 12.4. The van der Waals surface area contributed by atoms with Crippen LogP contribution in [0.4, 0.5) is 0 Å². The summed E-state index contributed by atoms with van der Waals surface area (Å²) in [6.45, 7) is 1.88. The standard InChI is InChI=1S/C18H19N3O4/c1-11(13-7-6-12(23-2)9-17(13)24-3)19-18(22)15-10-14(20-21-15)16-5-4-8-25-16/h4-11H,1-3H3,(H,19,22)(H,20,21). The van der Waals surface area contributed by atoms with Crippen LogP contribution in [0.2, 0.25) is 0 Å². The number of carbonyl (C=O) groups is 1. The predicted octanol–water partition coefficient (Wildman–Crippen LogP) is 3.18. The molecule has 0 fully saturated rings. The van der Waals surface area contributed by atoms with Gasteiger partial charge in [0.1, 0.15) is 17.2 Å². The number of aromatic amines is 1. The maximum atomic E-state index is 12.4. The molecule has 0 saturated carbocycles. The minimum Gasteiger partial charge on any atom is -0.497 e. The molecule has 0 aliphatic heterocycles. The normalized spacial score (nSPS) is 11.8. The largest absolute Gasteiger partial charge is 0.497 e. The van der Waals surface area contributed by atoms with E-state index in [0.29, 0.717) is 23.0 Å². The minimum atomic E-state index is -0.292. The number of methoxy groups -OCH3 is 2. The van der Waals surface area contributed by atoms with Gasteiger partial charge in [-0.2, -0.15) is 5.10 Å². The third kappa shape index (κ3) is 3.50. The van der Waals surface area contributed by atoms with Crippen LogP contribution in [0.1, 0.15) is 29.0 Å². The Balaban J connectivity index is 1.75. The highest BCUT2D eigenvalue weighted by atomic mass is 16.5. The Bertz CT molecular complexity index is 855. The Morgan fingerprint density at radius 3 is 2.76 bits per heavy atom. The Labute approximate surface area is 145 Å². The van der Waals surface area contributed by atoms with Crippen LogP contribution < -0.4 is 14.8 Å². The molecule has 130 valence electrons. The number of hydrogen-bond donors (Lipinski definition) is 2. The van der Waals surface area contributed by atoms with Crippen molar-refractivity contribution in [2.75, 3.05) is 14.2 Å². The second-order valence-corrected chi connectivity index (χ2v) is 5.45. The van der Waals surface area contributed by atoms with Crippen molar-refractivity contribution < 1.29 is 18.7 Å². The average molecular weight is 341 g/mol. The van der Waals surface area contributed by atoms with E-state index >= 15 is 0 Å². The van der Waals surface area contributed by atoms with Crippen LogP contribution in [-0.4, -0.2) is 30.3 Å². The summed E-state index contributed by atoms with van der Waals surface area (Å²) in [5.41, 5.74) is 1.77. The van der Waals surface area contributed by atoms with Gasteiger partial charge in [0.2, 0.25) is 0 Å². The molecule has 0 radical (unpaired) electrons.